The van der Waals surface area contributed by atoms with Crippen LogP contribution in [0.25, 0.3) is 0 Å². The summed E-state index contributed by atoms with van der Waals surface area (Å²) in [6, 6.07) is 9.06. The molecule has 0 aliphatic carbocycles. The maximum absolute atomic E-state index is 11.9. The molecule has 2 N–H and O–H groups in total. The number of rotatable bonds is 7. The van der Waals surface area contributed by atoms with Crippen LogP contribution in [0.2, 0.25) is 0 Å². The van der Waals surface area contributed by atoms with Crippen LogP contribution in [0.3, 0.4) is 0 Å². The summed E-state index contributed by atoms with van der Waals surface area (Å²) in [7, 11) is -3.18. The van der Waals surface area contributed by atoms with E-state index in [1.807, 2.05) is 18.2 Å². The number of hydrogen-bond acceptors (Lipinski definition) is 4. The molecule has 4 nitrogen and oxygen atoms in total. The average molecular weight is 286 g/mol. The van der Waals surface area contributed by atoms with Gasteiger partial charge in [-0.25, -0.2) is 8.42 Å². The Labute approximate surface area is 115 Å². The second-order valence-electron chi connectivity index (χ2n) is 5.13. The van der Waals surface area contributed by atoms with E-state index in [4.69, 9.17) is 0 Å². The molecule has 0 radical (unpaired) electrons. The number of aliphatic hydroxyl groups is 2. The summed E-state index contributed by atoms with van der Waals surface area (Å²) in [6.07, 6.45) is 0.213. The second-order valence-corrected chi connectivity index (χ2v) is 7.81. The quantitative estimate of drug-likeness (QED) is 0.788. The topological polar surface area (TPSA) is 74.6 Å². The largest absolute Gasteiger partial charge is 0.395 e. The summed E-state index contributed by atoms with van der Waals surface area (Å²) in [5.41, 5.74) is -0.137. The third-order valence-corrected chi connectivity index (χ3v) is 5.78. The molecule has 1 rings (SSSR count). The van der Waals surface area contributed by atoms with Gasteiger partial charge >= 0.3 is 0 Å². The van der Waals surface area contributed by atoms with Crippen molar-refractivity contribution in [2.24, 2.45) is 0 Å². The summed E-state index contributed by atoms with van der Waals surface area (Å²) in [5.74, 6) is -0.0410. The summed E-state index contributed by atoms with van der Waals surface area (Å²) < 4.78 is 23.8. The van der Waals surface area contributed by atoms with Crippen LogP contribution in [-0.2, 0) is 15.3 Å². The first kappa shape index (κ1) is 16.1. The van der Waals surface area contributed by atoms with Gasteiger partial charge in [-0.3, -0.25) is 0 Å². The van der Waals surface area contributed by atoms with Crippen LogP contribution in [0.15, 0.2) is 30.3 Å². The number of benzene rings is 1. The first-order valence-electron chi connectivity index (χ1n) is 6.37. The molecule has 108 valence electrons. The lowest BCUT2D eigenvalue weighted by Crippen LogP contribution is -2.37. The van der Waals surface area contributed by atoms with Gasteiger partial charge in [0.2, 0.25) is 0 Å². The van der Waals surface area contributed by atoms with Gasteiger partial charge < -0.3 is 10.2 Å². The van der Waals surface area contributed by atoms with E-state index in [1.165, 1.54) is 0 Å². The van der Waals surface area contributed by atoms with E-state index in [0.29, 0.717) is 0 Å². The molecule has 0 heterocycles. The van der Waals surface area contributed by atoms with Crippen LogP contribution in [0.4, 0.5) is 0 Å². The highest BCUT2D eigenvalue weighted by molar-refractivity contribution is 7.91. The molecule has 5 heteroatoms. The lowest BCUT2D eigenvalue weighted by Gasteiger charge is -2.30. The van der Waals surface area contributed by atoms with Gasteiger partial charge in [-0.2, -0.15) is 0 Å². The molecule has 0 aromatic heterocycles. The standard InChI is InChI=1S/C14H22O4S/c1-12(2)19(17,18)9-8-14(10-15,11-16)13-6-4-3-5-7-13/h3-7,12,15-16H,8-11H2,1-2H3. The monoisotopic (exact) mass is 286 g/mol. The van der Waals surface area contributed by atoms with Crippen molar-refractivity contribution in [3.63, 3.8) is 0 Å². The molecule has 0 atom stereocenters. The lowest BCUT2D eigenvalue weighted by atomic mass is 9.79. The van der Waals surface area contributed by atoms with Gasteiger partial charge in [-0.05, 0) is 25.8 Å². The van der Waals surface area contributed by atoms with Gasteiger partial charge in [0.05, 0.1) is 24.2 Å². The van der Waals surface area contributed by atoms with Crippen molar-refractivity contribution in [1.82, 2.24) is 0 Å². The van der Waals surface area contributed by atoms with Crippen molar-refractivity contribution >= 4 is 9.84 Å². The van der Waals surface area contributed by atoms with E-state index in [-0.39, 0.29) is 25.4 Å². The third kappa shape index (κ3) is 3.78. The Balaban J connectivity index is 2.97. The Hall–Kier alpha value is -0.910. The van der Waals surface area contributed by atoms with E-state index >= 15 is 0 Å². The molecule has 0 aliphatic heterocycles. The smallest absolute Gasteiger partial charge is 0.152 e. The van der Waals surface area contributed by atoms with Gasteiger partial charge in [0, 0.05) is 5.41 Å². The van der Waals surface area contributed by atoms with Crippen molar-refractivity contribution in [3.05, 3.63) is 35.9 Å². The van der Waals surface area contributed by atoms with E-state index < -0.39 is 20.5 Å². The Morgan fingerprint density at radius 3 is 2.05 bits per heavy atom. The van der Waals surface area contributed by atoms with Crippen LogP contribution in [0.1, 0.15) is 25.8 Å². The molecular weight excluding hydrogens is 264 g/mol. The molecule has 1 aromatic rings. The normalized spacial score (nSPS) is 12.9. The SMILES string of the molecule is CC(C)S(=O)(=O)CCC(CO)(CO)c1ccccc1. The fourth-order valence-electron chi connectivity index (χ4n) is 1.90. The number of aliphatic hydroxyl groups excluding tert-OH is 2. The number of hydrogen-bond donors (Lipinski definition) is 2. The summed E-state index contributed by atoms with van der Waals surface area (Å²) in [6.45, 7) is 2.72. The minimum Gasteiger partial charge on any atom is -0.395 e. The Bertz CT molecular complexity index is 475. The van der Waals surface area contributed by atoms with E-state index in [0.717, 1.165) is 5.56 Å². The molecule has 0 spiro atoms. The summed E-state index contributed by atoms with van der Waals surface area (Å²) in [5, 5.41) is 18.8. The Morgan fingerprint density at radius 2 is 1.63 bits per heavy atom. The molecular formula is C14H22O4S. The van der Waals surface area contributed by atoms with Gasteiger partial charge in [-0.1, -0.05) is 30.3 Å². The van der Waals surface area contributed by atoms with Crippen LogP contribution in [-0.4, -0.2) is 42.8 Å². The minimum atomic E-state index is -3.18. The molecule has 0 bridgehead atoms. The molecule has 0 aliphatic rings. The lowest BCUT2D eigenvalue weighted by molar-refractivity contribution is 0.114. The third-order valence-electron chi connectivity index (χ3n) is 3.57. The van der Waals surface area contributed by atoms with Crippen molar-refractivity contribution < 1.29 is 18.6 Å². The molecule has 0 amide bonds. The van der Waals surface area contributed by atoms with Gasteiger partial charge in [-0.15, -0.1) is 0 Å². The fraction of sp³-hybridized carbons (Fsp3) is 0.571. The van der Waals surface area contributed by atoms with Crippen LogP contribution < -0.4 is 0 Å². The summed E-state index contributed by atoms with van der Waals surface area (Å²) >= 11 is 0. The average Bonchev–Trinajstić information content (AvgIpc) is 2.41. The Kier molecular flexibility index (Phi) is 5.52. The zero-order valence-electron chi connectivity index (χ0n) is 11.4. The molecule has 19 heavy (non-hydrogen) atoms. The first-order chi connectivity index (χ1) is 8.88. The van der Waals surface area contributed by atoms with Gasteiger partial charge in [0.1, 0.15) is 0 Å². The van der Waals surface area contributed by atoms with E-state index in [2.05, 4.69) is 0 Å². The maximum Gasteiger partial charge on any atom is 0.152 e. The van der Waals surface area contributed by atoms with Crippen molar-refractivity contribution in [3.8, 4) is 0 Å². The fourth-order valence-corrected chi connectivity index (χ4v) is 3.05. The van der Waals surface area contributed by atoms with Crippen molar-refractivity contribution in [2.45, 2.75) is 30.9 Å². The van der Waals surface area contributed by atoms with E-state index in [1.54, 1.807) is 26.0 Å². The summed E-state index contributed by atoms with van der Waals surface area (Å²) in [4.78, 5) is 0. The highest BCUT2D eigenvalue weighted by Gasteiger charge is 2.33. The second kappa shape index (κ2) is 6.50. The first-order valence-corrected chi connectivity index (χ1v) is 8.08. The zero-order valence-corrected chi connectivity index (χ0v) is 12.2. The van der Waals surface area contributed by atoms with Gasteiger partial charge in [0.15, 0.2) is 9.84 Å². The van der Waals surface area contributed by atoms with Crippen LogP contribution in [0.5, 0.6) is 0 Å². The highest BCUT2D eigenvalue weighted by atomic mass is 32.2. The molecule has 0 saturated heterocycles. The predicted octanol–water partition coefficient (Wildman–Crippen LogP) is 1.12. The van der Waals surface area contributed by atoms with Crippen molar-refractivity contribution in [2.75, 3.05) is 19.0 Å². The zero-order chi connectivity index (χ0) is 14.5. The molecule has 0 saturated carbocycles. The van der Waals surface area contributed by atoms with Crippen LogP contribution >= 0.6 is 0 Å². The molecule has 0 fully saturated rings. The minimum absolute atomic E-state index is 0.0410. The van der Waals surface area contributed by atoms with Gasteiger partial charge in [0.25, 0.3) is 0 Å². The molecule has 1 aromatic carbocycles. The van der Waals surface area contributed by atoms with E-state index in [9.17, 15) is 18.6 Å². The van der Waals surface area contributed by atoms with Crippen molar-refractivity contribution in [1.29, 1.82) is 0 Å². The van der Waals surface area contributed by atoms with Crippen LogP contribution in [0, 0.1) is 0 Å². The predicted molar refractivity (Wildman–Crippen MR) is 75.8 cm³/mol. The maximum atomic E-state index is 11.9. The highest BCUT2D eigenvalue weighted by Crippen LogP contribution is 2.28. The Morgan fingerprint density at radius 1 is 1.11 bits per heavy atom. The molecule has 0 unspecified atom stereocenters. The number of sulfone groups is 1.